The molecule has 1 aliphatic rings. The lowest BCUT2D eigenvalue weighted by Crippen LogP contribution is -2.19. The molecule has 1 fully saturated rings. The smallest absolute Gasteiger partial charge is 0.255 e. The van der Waals surface area contributed by atoms with Crippen LogP contribution in [0, 0.1) is 0 Å². The number of carbonyl (C=O) groups is 1. The quantitative estimate of drug-likeness (QED) is 0.849. The minimum absolute atomic E-state index is 0.161. The molecule has 0 atom stereocenters. The number of anilines is 3. The number of benzene rings is 1. The zero-order valence-corrected chi connectivity index (χ0v) is 11.7. The minimum atomic E-state index is -0.161. The van der Waals surface area contributed by atoms with E-state index in [2.05, 4.69) is 15.2 Å². The van der Waals surface area contributed by atoms with Crippen LogP contribution in [0.15, 0.2) is 42.6 Å². The molecular formula is C16H18N4O. The summed E-state index contributed by atoms with van der Waals surface area (Å²) in [4.78, 5) is 18.7. The van der Waals surface area contributed by atoms with Crippen LogP contribution in [0.3, 0.4) is 0 Å². The maximum absolute atomic E-state index is 12.1. The van der Waals surface area contributed by atoms with Crippen molar-refractivity contribution in [3.8, 4) is 0 Å². The van der Waals surface area contributed by atoms with Crippen LogP contribution >= 0.6 is 0 Å². The van der Waals surface area contributed by atoms with Crippen LogP contribution in [-0.2, 0) is 0 Å². The third kappa shape index (κ3) is 3.13. The fourth-order valence-electron chi connectivity index (χ4n) is 2.43. The van der Waals surface area contributed by atoms with Crippen molar-refractivity contribution in [2.24, 2.45) is 0 Å². The standard InChI is InChI=1S/C16H18N4O/c17-13-5-3-12(4-6-13)16(21)19-14-7-8-15(18-11-14)20-9-1-2-10-20/h3-8,11H,1-2,9-10,17H2,(H,19,21). The Bertz CT molecular complexity index is 616. The summed E-state index contributed by atoms with van der Waals surface area (Å²) in [5, 5.41) is 2.83. The maximum Gasteiger partial charge on any atom is 0.255 e. The Morgan fingerprint density at radius 2 is 1.81 bits per heavy atom. The Morgan fingerprint density at radius 1 is 1.10 bits per heavy atom. The molecule has 2 aromatic rings. The van der Waals surface area contributed by atoms with Crippen LogP contribution in [0.1, 0.15) is 23.2 Å². The number of hydrogen-bond acceptors (Lipinski definition) is 4. The van der Waals surface area contributed by atoms with Crippen LogP contribution in [0.5, 0.6) is 0 Å². The lowest BCUT2D eigenvalue weighted by Gasteiger charge is -2.16. The summed E-state index contributed by atoms with van der Waals surface area (Å²) in [6.07, 6.45) is 4.14. The molecule has 1 amide bonds. The summed E-state index contributed by atoms with van der Waals surface area (Å²) < 4.78 is 0. The topological polar surface area (TPSA) is 71.2 Å². The SMILES string of the molecule is Nc1ccc(C(=O)Nc2ccc(N3CCCC3)nc2)cc1. The van der Waals surface area contributed by atoms with Gasteiger partial charge in [-0.3, -0.25) is 4.79 Å². The van der Waals surface area contributed by atoms with Crippen molar-refractivity contribution >= 4 is 23.1 Å². The first kappa shape index (κ1) is 13.4. The van der Waals surface area contributed by atoms with Gasteiger partial charge in [0.1, 0.15) is 5.82 Å². The van der Waals surface area contributed by atoms with E-state index in [0.717, 1.165) is 18.9 Å². The van der Waals surface area contributed by atoms with Gasteiger partial charge in [0.05, 0.1) is 11.9 Å². The van der Waals surface area contributed by atoms with Crippen LogP contribution in [0.2, 0.25) is 0 Å². The van der Waals surface area contributed by atoms with Gasteiger partial charge in [0.15, 0.2) is 0 Å². The first-order valence-corrected chi connectivity index (χ1v) is 7.10. The monoisotopic (exact) mass is 282 g/mol. The predicted octanol–water partition coefficient (Wildman–Crippen LogP) is 2.52. The lowest BCUT2D eigenvalue weighted by atomic mass is 10.2. The van der Waals surface area contributed by atoms with Crippen molar-refractivity contribution < 1.29 is 4.79 Å². The number of aromatic nitrogens is 1. The molecule has 1 aromatic heterocycles. The Hall–Kier alpha value is -2.56. The highest BCUT2D eigenvalue weighted by Gasteiger charge is 2.13. The second-order valence-electron chi connectivity index (χ2n) is 5.18. The molecule has 5 heteroatoms. The molecule has 5 nitrogen and oxygen atoms in total. The number of pyridine rings is 1. The second kappa shape index (κ2) is 5.83. The van der Waals surface area contributed by atoms with Crippen molar-refractivity contribution in [1.29, 1.82) is 0 Å². The summed E-state index contributed by atoms with van der Waals surface area (Å²) >= 11 is 0. The Kier molecular flexibility index (Phi) is 3.73. The van der Waals surface area contributed by atoms with E-state index in [4.69, 9.17) is 5.73 Å². The number of nitrogens with zero attached hydrogens (tertiary/aromatic N) is 2. The average Bonchev–Trinajstić information content (AvgIpc) is 3.03. The summed E-state index contributed by atoms with van der Waals surface area (Å²) in [5.41, 5.74) is 7.52. The van der Waals surface area contributed by atoms with Crippen LogP contribution in [0.25, 0.3) is 0 Å². The number of nitrogens with two attached hydrogens (primary N) is 1. The molecule has 0 unspecified atom stereocenters. The van der Waals surface area contributed by atoms with E-state index in [0.29, 0.717) is 16.9 Å². The minimum Gasteiger partial charge on any atom is -0.399 e. The maximum atomic E-state index is 12.1. The summed E-state index contributed by atoms with van der Waals surface area (Å²) in [6, 6.07) is 10.7. The van der Waals surface area contributed by atoms with E-state index in [9.17, 15) is 4.79 Å². The van der Waals surface area contributed by atoms with Gasteiger partial charge in [0, 0.05) is 24.3 Å². The molecule has 1 saturated heterocycles. The van der Waals surface area contributed by atoms with E-state index < -0.39 is 0 Å². The van der Waals surface area contributed by atoms with Gasteiger partial charge < -0.3 is 16.0 Å². The zero-order valence-electron chi connectivity index (χ0n) is 11.7. The van der Waals surface area contributed by atoms with Gasteiger partial charge in [-0.15, -0.1) is 0 Å². The fraction of sp³-hybridized carbons (Fsp3) is 0.250. The van der Waals surface area contributed by atoms with Crippen LogP contribution < -0.4 is 16.0 Å². The van der Waals surface area contributed by atoms with Gasteiger partial charge in [0.25, 0.3) is 5.91 Å². The molecule has 0 radical (unpaired) electrons. The number of amides is 1. The normalized spacial score (nSPS) is 14.2. The van der Waals surface area contributed by atoms with E-state index in [-0.39, 0.29) is 5.91 Å². The molecule has 21 heavy (non-hydrogen) atoms. The molecule has 0 bridgehead atoms. The molecule has 3 rings (SSSR count). The largest absolute Gasteiger partial charge is 0.399 e. The van der Waals surface area contributed by atoms with E-state index >= 15 is 0 Å². The van der Waals surface area contributed by atoms with E-state index in [1.807, 2.05) is 12.1 Å². The second-order valence-corrected chi connectivity index (χ2v) is 5.18. The van der Waals surface area contributed by atoms with Gasteiger partial charge in [0.2, 0.25) is 0 Å². The summed E-state index contributed by atoms with van der Waals surface area (Å²) in [6.45, 7) is 2.12. The number of rotatable bonds is 3. The van der Waals surface area contributed by atoms with Crippen LogP contribution in [-0.4, -0.2) is 24.0 Å². The van der Waals surface area contributed by atoms with Crippen molar-refractivity contribution in [3.05, 3.63) is 48.2 Å². The Balaban J connectivity index is 1.67. The Labute approximate surface area is 123 Å². The molecule has 0 aliphatic carbocycles. The van der Waals surface area contributed by atoms with Crippen molar-refractivity contribution in [2.75, 3.05) is 29.0 Å². The predicted molar refractivity (Wildman–Crippen MR) is 84.5 cm³/mol. The van der Waals surface area contributed by atoms with Gasteiger partial charge in [-0.05, 0) is 49.2 Å². The molecule has 0 saturated carbocycles. The van der Waals surface area contributed by atoms with Gasteiger partial charge >= 0.3 is 0 Å². The van der Waals surface area contributed by atoms with Crippen molar-refractivity contribution in [2.45, 2.75) is 12.8 Å². The molecule has 1 aromatic carbocycles. The Morgan fingerprint density at radius 3 is 2.43 bits per heavy atom. The zero-order chi connectivity index (χ0) is 14.7. The first-order chi connectivity index (χ1) is 10.2. The highest BCUT2D eigenvalue weighted by Crippen LogP contribution is 2.19. The molecule has 0 spiro atoms. The first-order valence-electron chi connectivity index (χ1n) is 7.10. The lowest BCUT2D eigenvalue weighted by molar-refractivity contribution is 0.102. The molecular weight excluding hydrogens is 264 g/mol. The average molecular weight is 282 g/mol. The van der Waals surface area contributed by atoms with Crippen molar-refractivity contribution in [1.82, 2.24) is 4.98 Å². The number of nitrogens with one attached hydrogen (secondary N) is 1. The molecule has 108 valence electrons. The van der Waals surface area contributed by atoms with Crippen molar-refractivity contribution in [3.63, 3.8) is 0 Å². The highest BCUT2D eigenvalue weighted by molar-refractivity contribution is 6.04. The highest BCUT2D eigenvalue weighted by atomic mass is 16.1. The summed E-state index contributed by atoms with van der Waals surface area (Å²) in [5.74, 6) is 0.809. The van der Waals surface area contributed by atoms with E-state index in [1.165, 1.54) is 12.8 Å². The van der Waals surface area contributed by atoms with Gasteiger partial charge in [-0.2, -0.15) is 0 Å². The van der Waals surface area contributed by atoms with Crippen LogP contribution in [0.4, 0.5) is 17.2 Å². The number of nitrogen functional groups attached to an aromatic ring is 1. The molecule has 2 heterocycles. The fourth-order valence-corrected chi connectivity index (χ4v) is 2.43. The summed E-state index contributed by atoms with van der Waals surface area (Å²) in [7, 11) is 0. The molecule has 3 N–H and O–H groups in total. The number of hydrogen-bond donors (Lipinski definition) is 2. The molecule has 1 aliphatic heterocycles. The van der Waals surface area contributed by atoms with E-state index in [1.54, 1.807) is 30.5 Å². The van der Waals surface area contributed by atoms with Gasteiger partial charge in [-0.1, -0.05) is 0 Å². The third-order valence-electron chi connectivity index (χ3n) is 3.61. The third-order valence-corrected chi connectivity index (χ3v) is 3.61. The van der Waals surface area contributed by atoms with Gasteiger partial charge in [-0.25, -0.2) is 4.98 Å². The number of carbonyl (C=O) groups excluding carboxylic acids is 1.